The van der Waals surface area contributed by atoms with Gasteiger partial charge in [-0.05, 0) is 0 Å². The number of hydrogen-bond donors (Lipinski definition) is 0. The van der Waals surface area contributed by atoms with Gasteiger partial charge in [0, 0.05) is 32.6 Å². The van der Waals surface area contributed by atoms with Gasteiger partial charge in [0.2, 0.25) is 5.82 Å². The van der Waals surface area contributed by atoms with Gasteiger partial charge in [0.15, 0.2) is 0 Å². The molecule has 5 nitrogen and oxygen atoms in total. The molecule has 2 heterocycles. The van der Waals surface area contributed by atoms with Gasteiger partial charge < -0.3 is 9.47 Å². The molecule has 0 spiro atoms. The summed E-state index contributed by atoms with van der Waals surface area (Å²) in [6.07, 6.45) is -1.28. The highest BCUT2D eigenvalue weighted by atomic mass is 35.5. The number of rotatable bonds is 3. The van der Waals surface area contributed by atoms with Crippen molar-refractivity contribution in [2.24, 2.45) is 7.05 Å². The van der Waals surface area contributed by atoms with Crippen molar-refractivity contribution in [2.45, 2.75) is 12.7 Å². The monoisotopic (exact) mass is 305 g/mol. The van der Waals surface area contributed by atoms with Crippen LogP contribution in [0, 0.1) is 0 Å². The predicted octanol–water partition coefficient (Wildman–Crippen LogP) is 2.52. The van der Waals surface area contributed by atoms with E-state index in [1.807, 2.05) is 0 Å². The summed E-state index contributed by atoms with van der Waals surface area (Å²) < 4.78 is 39.7. The third-order valence-electron chi connectivity index (χ3n) is 2.63. The highest BCUT2D eigenvalue weighted by Gasteiger charge is 2.35. The van der Waals surface area contributed by atoms with Crippen LogP contribution in [0.1, 0.15) is 11.6 Å². The Bertz CT molecular complexity index is 610. The third kappa shape index (κ3) is 3.19. The van der Waals surface area contributed by atoms with Crippen molar-refractivity contribution in [1.82, 2.24) is 19.5 Å². The van der Waals surface area contributed by atoms with E-state index in [1.54, 1.807) is 31.1 Å². The van der Waals surface area contributed by atoms with Crippen LogP contribution >= 0.6 is 11.6 Å². The Balaban J connectivity index is 2.28. The van der Waals surface area contributed by atoms with Gasteiger partial charge in [-0.15, -0.1) is 0 Å². The average molecular weight is 306 g/mol. The number of nitrogens with zero attached hydrogens (tertiary/aromatic N) is 5. The zero-order chi connectivity index (χ0) is 14.9. The lowest BCUT2D eigenvalue weighted by Crippen LogP contribution is -2.22. The first-order valence-corrected chi connectivity index (χ1v) is 5.94. The second-order valence-electron chi connectivity index (χ2n) is 4.18. The molecule has 0 fully saturated rings. The van der Waals surface area contributed by atoms with Crippen molar-refractivity contribution in [1.29, 1.82) is 0 Å². The Morgan fingerprint density at radius 2 is 2.05 bits per heavy atom. The van der Waals surface area contributed by atoms with Crippen molar-refractivity contribution < 1.29 is 13.2 Å². The van der Waals surface area contributed by atoms with E-state index < -0.39 is 12.0 Å². The molecule has 0 N–H and O–H groups in total. The molecular formula is C11H11ClF3N5. The number of imidazole rings is 1. The second kappa shape index (κ2) is 5.28. The van der Waals surface area contributed by atoms with Gasteiger partial charge in [0.25, 0.3) is 0 Å². The summed E-state index contributed by atoms with van der Waals surface area (Å²) in [4.78, 5) is 12.3. The van der Waals surface area contributed by atoms with Crippen LogP contribution in [0.4, 0.5) is 19.0 Å². The minimum atomic E-state index is -4.64. The maximum Gasteiger partial charge on any atom is 0.451 e. The molecule has 108 valence electrons. The first-order valence-electron chi connectivity index (χ1n) is 5.56. The van der Waals surface area contributed by atoms with Crippen LogP contribution in [-0.2, 0) is 19.8 Å². The number of aromatic nitrogens is 4. The van der Waals surface area contributed by atoms with Gasteiger partial charge >= 0.3 is 6.18 Å². The van der Waals surface area contributed by atoms with Gasteiger partial charge in [-0.2, -0.15) is 13.2 Å². The van der Waals surface area contributed by atoms with E-state index >= 15 is 0 Å². The molecule has 2 aromatic rings. The van der Waals surface area contributed by atoms with E-state index in [4.69, 9.17) is 11.6 Å². The summed E-state index contributed by atoms with van der Waals surface area (Å²) in [5, 5.41) is -0.256. The summed E-state index contributed by atoms with van der Waals surface area (Å²) in [6, 6.07) is 1.28. The van der Waals surface area contributed by atoms with Crippen molar-refractivity contribution >= 4 is 17.4 Å². The fraction of sp³-hybridized carbons (Fsp3) is 0.364. The summed E-state index contributed by atoms with van der Waals surface area (Å²) in [5.74, 6) is -0.484. The van der Waals surface area contributed by atoms with Crippen LogP contribution in [0.5, 0.6) is 0 Å². The molecular weight excluding hydrogens is 295 g/mol. The molecule has 0 saturated heterocycles. The minimum Gasteiger partial charge on any atom is -0.352 e. The maximum atomic E-state index is 12.6. The summed E-state index contributed by atoms with van der Waals surface area (Å²) in [6.45, 7) is 0.300. The molecule has 0 aliphatic heterocycles. The molecule has 0 saturated carbocycles. The molecule has 0 bridgehead atoms. The zero-order valence-electron chi connectivity index (χ0n) is 10.7. The number of hydrogen-bond acceptors (Lipinski definition) is 4. The topological polar surface area (TPSA) is 46.8 Å². The second-order valence-corrected chi connectivity index (χ2v) is 4.57. The van der Waals surface area contributed by atoms with Crippen molar-refractivity contribution in [3.8, 4) is 0 Å². The van der Waals surface area contributed by atoms with Crippen molar-refractivity contribution in [2.75, 3.05) is 11.9 Å². The summed E-state index contributed by atoms with van der Waals surface area (Å²) in [7, 11) is 3.40. The molecule has 0 aliphatic rings. The normalized spacial score (nSPS) is 11.7. The van der Waals surface area contributed by atoms with Crippen LogP contribution in [0.2, 0.25) is 5.15 Å². The predicted molar refractivity (Wildman–Crippen MR) is 67.4 cm³/mol. The van der Waals surface area contributed by atoms with Crippen LogP contribution < -0.4 is 4.90 Å². The van der Waals surface area contributed by atoms with E-state index in [9.17, 15) is 13.2 Å². The number of aryl methyl sites for hydroxylation is 1. The first kappa shape index (κ1) is 14.6. The average Bonchev–Trinajstić information content (AvgIpc) is 2.73. The van der Waals surface area contributed by atoms with E-state index in [-0.39, 0.29) is 11.0 Å². The molecule has 0 radical (unpaired) electrons. The highest BCUT2D eigenvalue weighted by molar-refractivity contribution is 6.29. The molecule has 20 heavy (non-hydrogen) atoms. The van der Waals surface area contributed by atoms with Gasteiger partial charge in [-0.25, -0.2) is 15.0 Å². The lowest BCUT2D eigenvalue weighted by atomic mass is 10.4. The summed E-state index contributed by atoms with van der Waals surface area (Å²) in [5.41, 5.74) is 0. The third-order valence-corrected chi connectivity index (χ3v) is 2.82. The Hall–Kier alpha value is -1.83. The zero-order valence-corrected chi connectivity index (χ0v) is 11.4. The van der Waals surface area contributed by atoms with E-state index in [0.29, 0.717) is 12.4 Å². The standard InChI is InChI=1S/C11H11ClF3N5/c1-19-4-3-16-9(19)6-20(2)8-5-7(12)17-10(18-8)11(13,14)15/h3-5H,6H2,1-2H3. The van der Waals surface area contributed by atoms with Gasteiger partial charge in [-0.3, -0.25) is 0 Å². The van der Waals surface area contributed by atoms with Gasteiger partial charge in [0.05, 0.1) is 6.54 Å². The van der Waals surface area contributed by atoms with E-state index in [1.165, 1.54) is 11.0 Å². The molecule has 2 aromatic heterocycles. The Kier molecular flexibility index (Phi) is 3.85. The number of halogens is 4. The lowest BCUT2D eigenvalue weighted by molar-refractivity contribution is -0.144. The van der Waals surface area contributed by atoms with Gasteiger partial charge in [0.1, 0.15) is 16.8 Å². The quantitative estimate of drug-likeness (QED) is 0.818. The Morgan fingerprint density at radius 1 is 1.35 bits per heavy atom. The van der Waals surface area contributed by atoms with Crippen LogP contribution in [0.3, 0.4) is 0 Å². The molecule has 0 aliphatic carbocycles. The molecule has 0 atom stereocenters. The molecule has 0 amide bonds. The van der Waals surface area contributed by atoms with Crippen molar-refractivity contribution in [3.63, 3.8) is 0 Å². The Morgan fingerprint density at radius 3 is 2.60 bits per heavy atom. The van der Waals surface area contributed by atoms with Crippen LogP contribution in [0.15, 0.2) is 18.5 Å². The van der Waals surface area contributed by atoms with Crippen LogP contribution in [0.25, 0.3) is 0 Å². The number of anilines is 1. The fourth-order valence-corrected chi connectivity index (χ4v) is 1.75. The molecule has 0 unspecified atom stereocenters. The lowest BCUT2D eigenvalue weighted by Gasteiger charge is -2.19. The first-order chi connectivity index (χ1) is 9.27. The van der Waals surface area contributed by atoms with Crippen molar-refractivity contribution in [3.05, 3.63) is 35.3 Å². The maximum absolute atomic E-state index is 12.6. The van der Waals surface area contributed by atoms with Crippen LogP contribution in [-0.4, -0.2) is 26.6 Å². The van der Waals surface area contributed by atoms with E-state index in [2.05, 4.69) is 15.0 Å². The highest BCUT2D eigenvalue weighted by Crippen LogP contribution is 2.29. The SMILES string of the molecule is CN(Cc1nccn1C)c1cc(Cl)nc(C(F)(F)F)n1. The number of alkyl halides is 3. The fourth-order valence-electron chi connectivity index (χ4n) is 1.57. The molecule has 9 heteroatoms. The minimum absolute atomic E-state index is 0.0836. The van der Waals surface area contributed by atoms with E-state index in [0.717, 1.165) is 0 Å². The van der Waals surface area contributed by atoms with Gasteiger partial charge in [-0.1, -0.05) is 11.6 Å². The molecule has 0 aromatic carbocycles. The largest absolute Gasteiger partial charge is 0.451 e. The summed E-state index contributed by atoms with van der Waals surface area (Å²) >= 11 is 5.61. The smallest absolute Gasteiger partial charge is 0.352 e. The Labute approximate surface area is 118 Å². The molecule has 2 rings (SSSR count).